The summed E-state index contributed by atoms with van der Waals surface area (Å²) in [5.74, 6) is -1.33. The molecule has 1 heterocycles. The summed E-state index contributed by atoms with van der Waals surface area (Å²) in [7, 11) is 1.63. The molecule has 0 fully saturated rings. The smallest absolute Gasteiger partial charge is 0.652 e. The van der Waals surface area contributed by atoms with E-state index in [0.717, 1.165) is 27.1 Å². The van der Waals surface area contributed by atoms with Gasteiger partial charge in [0, 0.05) is 6.54 Å². The minimum atomic E-state index is -2.33. The number of aliphatic hydroxyl groups excluding tert-OH is 1. The number of aliphatic carboxylic acids is 1. The Morgan fingerprint density at radius 2 is 1.49 bits per heavy atom. The van der Waals surface area contributed by atoms with E-state index in [1.165, 1.54) is 0 Å². The summed E-state index contributed by atoms with van der Waals surface area (Å²) in [6.45, 7) is 0.0568. The molecular formula is C28H27K2N3O8. The van der Waals surface area contributed by atoms with Crippen molar-refractivity contribution in [1.29, 1.82) is 0 Å². The Kier molecular flexibility index (Phi) is 17.3. The second kappa shape index (κ2) is 18.9. The maximum Gasteiger partial charge on any atom is 1.00 e. The molecule has 0 aliphatic rings. The SMILES string of the molecule is COc1ccc(-c2ccc(CC[C@H](O)[C@H](CCn3nnc4ccccc4c3=O)C(=O)O)cc2)cc1.O=C([O-])[O-].[K+].[K+]. The Bertz CT molecular complexity index is 1460. The van der Waals surface area contributed by atoms with Crippen LogP contribution in [-0.4, -0.2) is 50.5 Å². The summed E-state index contributed by atoms with van der Waals surface area (Å²) in [4.78, 5) is 32.8. The molecule has 2 N–H and O–H groups in total. The van der Waals surface area contributed by atoms with Crippen LogP contribution in [0.25, 0.3) is 22.0 Å². The Hall–Kier alpha value is -1.50. The topological polar surface area (TPSA) is 178 Å². The van der Waals surface area contributed by atoms with E-state index in [-0.39, 0.29) is 128 Å². The monoisotopic (exact) mass is 611 g/mol. The van der Waals surface area contributed by atoms with Gasteiger partial charge in [-0.05, 0) is 66.4 Å². The zero-order chi connectivity index (χ0) is 28.4. The van der Waals surface area contributed by atoms with Crippen molar-refractivity contribution in [3.63, 3.8) is 0 Å². The Balaban J connectivity index is 0.00000131. The number of ether oxygens (including phenoxy) is 1. The van der Waals surface area contributed by atoms with Crippen LogP contribution >= 0.6 is 0 Å². The summed E-state index contributed by atoms with van der Waals surface area (Å²) in [5.41, 5.74) is 3.28. The molecule has 0 aliphatic carbocycles. The van der Waals surface area contributed by atoms with Gasteiger partial charge in [0.15, 0.2) is 0 Å². The maximum absolute atomic E-state index is 12.6. The normalized spacial score (nSPS) is 11.6. The van der Waals surface area contributed by atoms with Gasteiger partial charge in [-0.1, -0.05) is 53.7 Å². The number of hydrogen-bond donors (Lipinski definition) is 2. The molecule has 0 aliphatic heterocycles. The molecule has 1 aromatic heterocycles. The molecule has 204 valence electrons. The van der Waals surface area contributed by atoms with Crippen LogP contribution in [0.15, 0.2) is 77.6 Å². The number of rotatable bonds is 10. The van der Waals surface area contributed by atoms with Crippen LogP contribution in [0.3, 0.4) is 0 Å². The van der Waals surface area contributed by atoms with Gasteiger partial charge in [-0.15, -0.1) is 5.10 Å². The average Bonchev–Trinajstić information content (AvgIpc) is 2.93. The Morgan fingerprint density at radius 3 is 2.05 bits per heavy atom. The van der Waals surface area contributed by atoms with Gasteiger partial charge < -0.3 is 30.0 Å². The molecule has 0 radical (unpaired) electrons. The third-order valence-corrected chi connectivity index (χ3v) is 6.17. The fourth-order valence-corrected chi connectivity index (χ4v) is 4.07. The molecule has 0 unspecified atom stereocenters. The molecular weight excluding hydrogens is 585 g/mol. The number of hydrogen-bond acceptors (Lipinski definition) is 9. The molecule has 41 heavy (non-hydrogen) atoms. The van der Waals surface area contributed by atoms with Crippen molar-refractivity contribution in [2.75, 3.05) is 7.11 Å². The van der Waals surface area contributed by atoms with Crippen molar-refractivity contribution < 1.29 is 138 Å². The first-order valence-electron chi connectivity index (χ1n) is 12.0. The van der Waals surface area contributed by atoms with Crippen LogP contribution in [0.2, 0.25) is 0 Å². The van der Waals surface area contributed by atoms with Gasteiger partial charge in [0.1, 0.15) is 11.3 Å². The molecule has 11 nitrogen and oxygen atoms in total. The first-order valence-corrected chi connectivity index (χ1v) is 12.0. The zero-order valence-corrected chi connectivity index (χ0v) is 29.3. The predicted octanol–water partition coefficient (Wildman–Crippen LogP) is -4.89. The number of nitrogens with zero attached hydrogens (tertiary/aromatic N) is 3. The fraction of sp³-hybridized carbons (Fsp3) is 0.250. The molecule has 4 aromatic rings. The van der Waals surface area contributed by atoms with Crippen molar-refractivity contribution in [3.05, 3.63) is 88.7 Å². The zero-order valence-electron chi connectivity index (χ0n) is 23.1. The number of carboxylic acids is 1. The Morgan fingerprint density at radius 1 is 0.927 bits per heavy atom. The Labute approximate surface area is 321 Å². The summed E-state index contributed by atoms with van der Waals surface area (Å²) >= 11 is 0. The van der Waals surface area contributed by atoms with Gasteiger partial charge in [0.25, 0.3) is 5.56 Å². The van der Waals surface area contributed by atoms with Crippen molar-refractivity contribution in [2.24, 2.45) is 5.92 Å². The molecule has 0 amide bonds. The van der Waals surface area contributed by atoms with Crippen LogP contribution in [0.5, 0.6) is 5.75 Å². The number of benzene rings is 3. The molecule has 13 heteroatoms. The number of aliphatic hydroxyl groups is 1. The second-order valence-electron chi connectivity index (χ2n) is 8.65. The van der Waals surface area contributed by atoms with E-state index in [1.54, 1.807) is 31.4 Å². The summed E-state index contributed by atoms with van der Waals surface area (Å²) in [6, 6.07) is 22.6. The van der Waals surface area contributed by atoms with E-state index in [2.05, 4.69) is 10.3 Å². The van der Waals surface area contributed by atoms with Crippen LogP contribution in [0.1, 0.15) is 18.4 Å². The summed E-state index contributed by atoms with van der Waals surface area (Å²) in [6.07, 6.45) is -2.50. The van der Waals surface area contributed by atoms with E-state index in [1.807, 2.05) is 48.5 Å². The third-order valence-electron chi connectivity index (χ3n) is 6.17. The fourth-order valence-electron chi connectivity index (χ4n) is 4.07. The minimum Gasteiger partial charge on any atom is -0.652 e. The molecule has 4 rings (SSSR count). The van der Waals surface area contributed by atoms with Crippen LogP contribution < -0.4 is 123 Å². The van der Waals surface area contributed by atoms with Gasteiger partial charge in [-0.3, -0.25) is 9.59 Å². The number of carbonyl (C=O) groups is 2. The van der Waals surface area contributed by atoms with Gasteiger partial charge >= 0.3 is 109 Å². The molecule has 0 saturated carbocycles. The van der Waals surface area contributed by atoms with E-state index in [0.29, 0.717) is 17.3 Å². The van der Waals surface area contributed by atoms with Crippen molar-refractivity contribution in [3.8, 4) is 16.9 Å². The van der Waals surface area contributed by atoms with Gasteiger partial charge in [-0.25, -0.2) is 4.68 Å². The molecule has 0 saturated heterocycles. The number of aryl methyl sites for hydroxylation is 2. The van der Waals surface area contributed by atoms with Gasteiger partial charge in [-0.2, -0.15) is 0 Å². The average molecular weight is 612 g/mol. The summed E-state index contributed by atoms with van der Waals surface area (Å²) < 4.78 is 6.35. The first kappa shape index (κ1) is 37.5. The van der Waals surface area contributed by atoms with E-state index in [9.17, 15) is 19.8 Å². The molecule has 2 atom stereocenters. The standard InChI is InChI=1S/C27H27N3O5.CH2O3.2K/c1-35-21-13-11-20(12-14-21)19-9-6-18(7-10-19)8-15-25(31)23(27(33)34)16-17-30-26(32)22-4-2-3-5-24(22)28-29-30;2-1(3)4;;/h2-7,9-14,23,25,31H,8,15-17H2,1H3,(H,33,34);(H2,2,3,4);;/q;;2*+1/p-2/t23-,25-;;;/m0.../s1. The quantitative estimate of drug-likeness (QED) is 0.165. The van der Waals surface area contributed by atoms with E-state index in [4.69, 9.17) is 19.7 Å². The van der Waals surface area contributed by atoms with E-state index < -0.39 is 24.1 Å². The van der Waals surface area contributed by atoms with Crippen molar-refractivity contribution in [1.82, 2.24) is 15.0 Å². The number of carboxylic acid groups (broad SMARTS) is 3. The minimum absolute atomic E-state index is 0. The van der Waals surface area contributed by atoms with Crippen molar-refractivity contribution in [2.45, 2.75) is 31.9 Å². The molecule has 3 aromatic carbocycles. The first-order chi connectivity index (χ1) is 18.7. The summed E-state index contributed by atoms with van der Waals surface area (Å²) in [5, 5.41) is 45.3. The molecule has 0 bridgehead atoms. The third kappa shape index (κ3) is 11.6. The van der Waals surface area contributed by atoms with Gasteiger partial charge in [0.2, 0.25) is 0 Å². The van der Waals surface area contributed by atoms with Crippen LogP contribution in [0, 0.1) is 5.92 Å². The van der Waals surface area contributed by atoms with E-state index >= 15 is 0 Å². The van der Waals surface area contributed by atoms with Crippen LogP contribution in [-0.2, 0) is 17.8 Å². The molecule has 0 spiro atoms. The predicted molar refractivity (Wildman–Crippen MR) is 138 cm³/mol. The number of methoxy groups -OCH3 is 1. The number of aromatic nitrogens is 3. The largest absolute Gasteiger partial charge is 1.00 e. The maximum atomic E-state index is 12.6. The van der Waals surface area contributed by atoms with Gasteiger partial charge in [0.05, 0.1) is 24.5 Å². The van der Waals surface area contributed by atoms with Crippen LogP contribution in [0.4, 0.5) is 4.79 Å². The number of fused-ring (bicyclic) bond motifs is 1. The number of carbonyl (C=O) groups excluding carboxylic acids is 1. The second-order valence-corrected chi connectivity index (χ2v) is 8.65. The van der Waals surface area contributed by atoms with Crippen molar-refractivity contribution >= 4 is 23.0 Å².